The predicted octanol–water partition coefficient (Wildman–Crippen LogP) is 2.30. The van der Waals surface area contributed by atoms with Crippen molar-refractivity contribution in [2.75, 3.05) is 12.8 Å². The summed E-state index contributed by atoms with van der Waals surface area (Å²) < 4.78 is 41.3. The van der Waals surface area contributed by atoms with E-state index in [9.17, 15) is 13.2 Å². The van der Waals surface area contributed by atoms with Gasteiger partial charge in [-0.25, -0.2) is 0 Å². The lowest BCUT2D eigenvalue weighted by molar-refractivity contribution is -0.137. The number of ether oxygens (including phenoxy) is 1. The molecule has 0 aliphatic rings. The molecule has 0 aliphatic heterocycles. The fourth-order valence-electron chi connectivity index (χ4n) is 0.969. The number of anilines is 1. The van der Waals surface area contributed by atoms with Crippen molar-refractivity contribution >= 4 is 5.69 Å². The highest BCUT2D eigenvalue weighted by Crippen LogP contribution is 2.37. The lowest BCUT2D eigenvalue weighted by Gasteiger charge is -2.11. The van der Waals surface area contributed by atoms with E-state index in [1.165, 1.54) is 19.2 Å². The Morgan fingerprint density at radius 1 is 1.31 bits per heavy atom. The smallest absolute Gasteiger partial charge is 0.418 e. The third-order valence-corrected chi connectivity index (χ3v) is 1.59. The molecule has 1 aromatic rings. The first-order valence-corrected chi connectivity index (χ1v) is 3.46. The standard InChI is InChI=1S/C8H8F3NO/c1-13-6-4-2-3-5(7(6)12)8(9,10)11/h2-4H,12H2,1H3. The molecule has 0 fully saturated rings. The highest BCUT2D eigenvalue weighted by molar-refractivity contribution is 5.59. The molecule has 1 aromatic carbocycles. The maximum Gasteiger partial charge on any atom is 0.418 e. The van der Waals surface area contributed by atoms with E-state index >= 15 is 0 Å². The van der Waals surface area contributed by atoms with Crippen molar-refractivity contribution in [2.24, 2.45) is 0 Å². The van der Waals surface area contributed by atoms with E-state index in [4.69, 9.17) is 5.73 Å². The van der Waals surface area contributed by atoms with Gasteiger partial charge in [0, 0.05) is 0 Å². The monoisotopic (exact) mass is 191 g/mol. The van der Waals surface area contributed by atoms with Gasteiger partial charge in [0.2, 0.25) is 0 Å². The molecule has 0 aromatic heterocycles. The van der Waals surface area contributed by atoms with Gasteiger partial charge in [-0.05, 0) is 12.1 Å². The van der Waals surface area contributed by atoms with Crippen LogP contribution in [-0.2, 0) is 6.18 Å². The van der Waals surface area contributed by atoms with E-state index in [-0.39, 0.29) is 11.4 Å². The first kappa shape index (κ1) is 9.70. The third-order valence-electron chi connectivity index (χ3n) is 1.59. The quantitative estimate of drug-likeness (QED) is 0.691. The van der Waals surface area contributed by atoms with E-state index in [0.29, 0.717) is 0 Å². The summed E-state index contributed by atoms with van der Waals surface area (Å²) in [5.41, 5.74) is 3.99. The molecule has 72 valence electrons. The number of para-hydroxylation sites is 1. The van der Waals surface area contributed by atoms with Crippen LogP contribution in [-0.4, -0.2) is 7.11 Å². The van der Waals surface area contributed by atoms with E-state index < -0.39 is 11.7 Å². The summed E-state index contributed by atoms with van der Waals surface area (Å²) >= 11 is 0. The Bertz CT molecular complexity index is 309. The Morgan fingerprint density at radius 2 is 1.92 bits per heavy atom. The van der Waals surface area contributed by atoms with E-state index in [1.54, 1.807) is 0 Å². The number of nitrogens with two attached hydrogens (primary N) is 1. The Morgan fingerprint density at radius 3 is 2.38 bits per heavy atom. The topological polar surface area (TPSA) is 35.2 Å². The molecule has 0 saturated carbocycles. The zero-order valence-electron chi connectivity index (χ0n) is 6.85. The molecule has 0 heterocycles. The second kappa shape index (κ2) is 3.16. The number of methoxy groups -OCH3 is 1. The molecule has 13 heavy (non-hydrogen) atoms. The first-order valence-electron chi connectivity index (χ1n) is 3.46. The Kier molecular flexibility index (Phi) is 2.36. The largest absolute Gasteiger partial charge is 0.495 e. The van der Waals surface area contributed by atoms with Crippen LogP contribution in [0.15, 0.2) is 18.2 Å². The Labute approximate surface area is 73.1 Å². The fraction of sp³-hybridized carbons (Fsp3) is 0.250. The summed E-state index contributed by atoms with van der Waals surface area (Å²) in [6, 6.07) is 3.54. The number of rotatable bonds is 1. The van der Waals surface area contributed by atoms with Gasteiger partial charge in [0.25, 0.3) is 0 Å². The number of halogens is 3. The van der Waals surface area contributed by atoms with Gasteiger partial charge in [-0.3, -0.25) is 0 Å². The SMILES string of the molecule is COc1cccc(C(F)(F)F)c1N. The minimum atomic E-state index is -4.43. The molecule has 0 amide bonds. The molecule has 0 spiro atoms. The third kappa shape index (κ3) is 1.85. The van der Waals surface area contributed by atoms with Crippen LogP contribution in [0.4, 0.5) is 18.9 Å². The van der Waals surface area contributed by atoms with Crippen molar-refractivity contribution in [3.8, 4) is 5.75 Å². The van der Waals surface area contributed by atoms with Crippen molar-refractivity contribution in [2.45, 2.75) is 6.18 Å². The molecule has 2 nitrogen and oxygen atoms in total. The van der Waals surface area contributed by atoms with Crippen molar-refractivity contribution < 1.29 is 17.9 Å². The van der Waals surface area contributed by atoms with Crippen LogP contribution in [0, 0.1) is 0 Å². The van der Waals surface area contributed by atoms with E-state index in [1.807, 2.05) is 0 Å². The number of nitrogen functional groups attached to an aromatic ring is 1. The van der Waals surface area contributed by atoms with Crippen LogP contribution in [0.3, 0.4) is 0 Å². The summed E-state index contributed by atoms with van der Waals surface area (Å²) in [5, 5.41) is 0. The van der Waals surface area contributed by atoms with Gasteiger partial charge in [0.1, 0.15) is 5.75 Å². The van der Waals surface area contributed by atoms with Gasteiger partial charge >= 0.3 is 6.18 Å². The van der Waals surface area contributed by atoms with Crippen molar-refractivity contribution in [3.63, 3.8) is 0 Å². The first-order chi connectivity index (χ1) is 5.96. The van der Waals surface area contributed by atoms with Gasteiger partial charge < -0.3 is 10.5 Å². The highest BCUT2D eigenvalue weighted by atomic mass is 19.4. The molecule has 5 heteroatoms. The van der Waals surface area contributed by atoms with E-state index in [0.717, 1.165) is 6.07 Å². The molecular formula is C8H8F3NO. The molecule has 0 aliphatic carbocycles. The van der Waals surface area contributed by atoms with Crippen LogP contribution >= 0.6 is 0 Å². The predicted molar refractivity (Wildman–Crippen MR) is 42.4 cm³/mol. The Hall–Kier alpha value is -1.39. The maximum atomic E-state index is 12.2. The van der Waals surface area contributed by atoms with Gasteiger partial charge in [-0.1, -0.05) is 6.07 Å². The lowest BCUT2D eigenvalue weighted by atomic mass is 10.1. The Balaban J connectivity index is 3.24. The zero-order valence-corrected chi connectivity index (χ0v) is 6.85. The minimum absolute atomic E-state index is 0.0369. The van der Waals surface area contributed by atoms with Crippen LogP contribution in [0.2, 0.25) is 0 Å². The van der Waals surface area contributed by atoms with Crippen LogP contribution in [0.25, 0.3) is 0 Å². The summed E-state index contributed by atoms with van der Waals surface area (Å²) in [7, 11) is 1.27. The van der Waals surface area contributed by atoms with Gasteiger partial charge in [0.15, 0.2) is 0 Å². The van der Waals surface area contributed by atoms with Gasteiger partial charge in [-0.15, -0.1) is 0 Å². The fourth-order valence-corrected chi connectivity index (χ4v) is 0.969. The molecule has 0 bridgehead atoms. The van der Waals surface area contributed by atoms with Crippen molar-refractivity contribution in [3.05, 3.63) is 23.8 Å². The number of hydrogen-bond donors (Lipinski definition) is 1. The molecule has 0 saturated heterocycles. The summed E-state index contributed by atoms with van der Waals surface area (Å²) in [6.07, 6.45) is -4.43. The summed E-state index contributed by atoms with van der Waals surface area (Å²) in [6.45, 7) is 0. The van der Waals surface area contributed by atoms with Gasteiger partial charge in [-0.2, -0.15) is 13.2 Å². The number of benzene rings is 1. The normalized spacial score (nSPS) is 11.4. The second-order valence-corrected chi connectivity index (χ2v) is 2.42. The highest BCUT2D eigenvalue weighted by Gasteiger charge is 2.33. The molecule has 1 rings (SSSR count). The van der Waals surface area contributed by atoms with E-state index in [2.05, 4.69) is 4.74 Å². The molecular weight excluding hydrogens is 183 g/mol. The molecule has 0 atom stereocenters. The summed E-state index contributed by atoms with van der Waals surface area (Å²) in [5.74, 6) is 0.0369. The molecule has 0 unspecified atom stereocenters. The van der Waals surface area contributed by atoms with Crippen molar-refractivity contribution in [1.82, 2.24) is 0 Å². The average Bonchev–Trinajstić information content (AvgIpc) is 2.02. The maximum absolute atomic E-state index is 12.2. The van der Waals surface area contributed by atoms with Crippen molar-refractivity contribution in [1.29, 1.82) is 0 Å². The minimum Gasteiger partial charge on any atom is -0.495 e. The van der Waals surface area contributed by atoms with Crippen LogP contribution in [0.1, 0.15) is 5.56 Å². The number of hydrogen-bond acceptors (Lipinski definition) is 2. The second-order valence-electron chi connectivity index (χ2n) is 2.42. The van der Waals surface area contributed by atoms with Gasteiger partial charge in [0.05, 0.1) is 18.4 Å². The lowest BCUT2D eigenvalue weighted by Crippen LogP contribution is -2.09. The average molecular weight is 191 g/mol. The molecule has 0 radical (unpaired) electrons. The zero-order chi connectivity index (χ0) is 10.1. The van der Waals surface area contributed by atoms with Crippen LogP contribution < -0.4 is 10.5 Å². The number of alkyl halides is 3. The van der Waals surface area contributed by atoms with Crippen LogP contribution in [0.5, 0.6) is 5.75 Å². The summed E-state index contributed by atoms with van der Waals surface area (Å²) in [4.78, 5) is 0. The molecule has 2 N–H and O–H groups in total.